The first kappa shape index (κ1) is 29.9. The minimum absolute atomic E-state index is 0.117. The first-order valence-electron chi connectivity index (χ1n) is 10.4. The van der Waals surface area contributed by atoms with E-state index in [2.05, 4.69) is 4.74 Å². The van der Waals surface area contributed by atoms with Crippen molar-refractivity contribution in [3.63, 3.8) is 0 Å². The van der Waals surface area contributed by atoms with Gasteiger partial charge in [0.1, 0.15) is 18.4 Å². The van der Waals surface area contributed by atoms with E-state index in [-0.39, 0.29) is 11.9 Å². The average molecular weight is 512 g/mol. The van der Waals surface area contributed by atoms with Crippen LogP contribution in [0.4, 0.5) is 30.7 Å². The number of nitrogens with one attached hydrogen (secondary N) is 1. The highest BCUT2D eigenvalue weighted by atomic mass is 19.4. The van der Waals surface area contributed by atoms with Crippen molar-refractivity contribution < 1.29 is 40.3 Å². The zero-order valence-corrected chi connectivity index (χ0v) is 19.7. The molecule has 0 aliphatic carbocycles. The lowest BCUT2D eigenvalue weighted by atomic mass is 9.93. The molecule has 0 aromatic heterocycles. The number of alkyl halides is 6. The summed E-state index contributed by atoms with van der Waals surface area (Å²) in [6.45, 7) is 4.82. The Bertz CT molecular complexity index is 1000. The summed E-state index contributed by atoms with van der Waals surface area (Å²) < 4.78 is 99.2. The third kappa shape index (κ3) is 6.96. The predicted molar refractivity (Wildman–Crippen MR) is 116 cm³/mol. The van der Waals surface area contributed by atoms with Gasteiger partial charge in [0.15, 0.2) is 0 Å². The molecule has 1 aliphatic heterocycles. The summed E-state index contributed by atoms with van der Waals surface area (Å²) in [4.78, 5) is 15.2. The summed E-state index contributed by atoms with van der Waals surface area (Å²) in [5.74, 6) is -2.33. The maximum atomic E-state index is 13.8. The number of rotatable bonds is 5. The predicted octanol–water partition coefficient (Wildman–Crippen LogP) is 5.04. The highest BCUT2D eigenvalue weighted by molar-refractivity contribution is 5.96. The van der Waals surface area contributed by atoms with Crippen molar-refractivity contribution >= 4 is 11.8 Å². The van der Waals surface area contributed by atoms with Crippen LogP contribution in [0.25, 0.3) is 0 Å². The van der Waals surface area contributed by atoms with Crippen LogP contribution in [-0.2, 0) is 28.3 Å². The summed E-state index contributed by atoms with van der Waals surface area (Å²) in [6.07, 6.45) is -9.10. The van der Waals surface area contributed by atoms with E-state index in [1.165, 1.54) is 32.0 Å². The summed E-state index contributed by atoms with van der Waals surface area (Å²) >= 11 is 0. The Labute approximate surface area is 198 Å². The topological polar surface area (TPSA) is 82.6 Å². The molecule has 0 saturated carbocycles. The molecular weight excluding hydrogens is 485 g/mol. The SMILES string of the molecule is CC.CC1C(F)=CC=C(N(C)C(=O)Cc2c(C(=N)OCN)cc(C(F)(F)F)cc2C(F)(F)F)N1C. The highest BCUT2D eigenvalue weighted by Gasteiger charge is 2.41. The van der Waals surface area contributed by atoms with Crippen LogP contribution < -0.4 is 5.73 Å². The first-order chi connectivity index (χ1) is 16.1. The second kappa shape index (κ2) is 11.6. The number of halogens is 7. The van der Waals surface area contributed by atoms with Crippen molar-refractivity contribution in [2.45, 2.75) is 45.6 Å². The van der Waals surface area contributed by atoms with Gasteiger partial charge in [-0.05, 0) is 36.8 Å². The molecular formula is C22H27F7N4O2. The van der Waals surface area contributed by atoms with E-state index >= 15 is 0 Å². The molecule has 1 aliphatic rings. The molecule has 0 saturated heterocycles. The molecule has 196 valence electrons. The molecule has 1 atom stereocenters. The van der Waals surface area contributed by atoms with E-state index in [4.69, 9.17) is 11.1 Å². The highest BCUT2D eigenvalue weighted by Crippen LogP contribution is 2.39. The fourth-order valence-electron chi connectivity index (χ4n) is 3.18. The summed E-state index contributed by atoms with van der Waals surface area (Å²) in [7, 11) is 2.69. The molecule has 1 unspecified atom stereocenters. The third-order valence-corrected chi connectivity index (χ3v) is 5.13. The smallest absolute Gasteiger partial charge is 0.416 e. The minimum atomic E-state index is -5.27. The molecule has 2 rings (SSSR count). The number of carbonyl (C=O) groups is 1. The average Bonchev–Trinajstić information content (AvgIpc) is 2.77. The Kier molecular flexibility index (Phi) is 9.89. The lowest BCUT2D eigenvalue weighted by molar-refractivity contribution is -0.143. The Morgan fingerprint density at radius 3 is 2.20 bits per heavy atom. The zero-order valence-electron chi connectivity index (χ0n) is 19.7. The third-order valence-electron chi connectivity index (χ3n) is 5.13. The molecule has 13 heteroatoms. The number of nitrogens with two attached hydrogens (primary N) is 1. The van der Waals surface area contributed by atoms with Gasteiger partial charge in [-0.15, -0.1) is 0 Å². The van der Waals surface area contributed by atoms with Gasteiger partial charge in [0, 0.05) is 19.7 Å². The van der Waals surface area contributed by atoms with Crippen LogP contribution in [0.15, 0.2) is 35.9 Å². The molecule has 1 aromatic carbocycles. The van der Waals surface area contributed by atoms with Crippen molar-refractivity contribution in [1.29, 1.82) is 5.41 Å². The van der Waals surface area contributed by atoms with E-state index in [1.807, 2.05) is 13.8 Å². The number of carbonyl (C=O) groups excluding carboxylic acids is 1. The van der Waals surface area contributed by atoms with Crippen LogP contribution >= 0.6 is 0 Å². The molecule has 0 spiro atoms. The van der Waals surface area contributed by atoms with Crippen molar-refractivity contribution in [2.24, 2.45) is 5.73 Å². The van der Waals surface area contributed by atoms with E-state index in [1.54, 1.807) is 0 Å². The molecule has 0 bridgehead atoms. The van der Waals surface area contributed by atoms with E-state index < -0.39 is 71.4 Å². The number of likely N-dealkylation sites (N-methyl/N-ethyl adjacent to an activating group) is 2. The van der Waals surface area contributed by atoms with Gasteiger partial charge in [-0.3, -0.25) is 15.9 Å². The van der Waals surface area contributed by atoms with E-state index in [0.717, 1.165) is 11.0 Å². The Balaban J connectivity index is 0.00000298. The monoisotopic (exact) mass is 512 g/mol. The van der Waals surface area contributed by atoms with Crippen LogP contribution in [0.3, 0.4) is 0 Å². The summed E-state index contributed by atoms with van der Waals surface area (Å²) in [6, 6.07) is -0.561. The Morgan fingerprint density at radius 2 is 1.71 bits per heavy atom. The van der Waals surface area contributed by atoms with Gasteiger partial charge in [-0.1, -0.05) is 13.8 Å². The number of nitrogens with zero attached hydrogens (tertiary/aromatic N) is 2. The van der Waals surface area contributed by atoms with Crippen molar-refractivity contribution in [3.8, 4) is 0 Å². The fourth-order valence-corrected chi connectivity index (χ4v) is 3.18. The Morgan fingerprint density at radius 1 is 1.14 bits per heavy atom. The zero-order chi connectivity index (χ0) is 27.3. The van der Waals surface area contributed by atoms with Gasteiger partial charge < -0.3 is 14.5 Å². The lowest BCUT2D eigenvalue weighted by Gasteiger charge is -2.35. The Hall–Kier alpha value is -3.09. The maximum Gasteiger partial charge on any atom is 0.416 e. The maximum absolute atomic E-state index is 13.8. The summed E-state index contributed by atoms with van der Waals surface area (Å²) in [5, 5.41) is 7.77. The van der Waals surface area contributed by atoms with Crippen molar-refractivity contribution in [2.75, 3.05) is 20.8 Å². The van der Waals surface area contributed by atoms with E-state index in [0.29, 0.717) is 6.07 Å². The van der Waals surface area contributed by atoms with Gasteiger partial charge in [0.05, 0.1) is 23.6 Å². The second-order valence-electron chi connectivity index (χ2n) is 7.18. The van der Waals surface area contributed by atoms with Crippen LogP contribution in [0.2, 0.25) is 0 Å². The molecule has 6 nitrogen and oxygen atoms in total. The van der Waals surface area contributed by atoms with Gasteiger partial charge in [0.25, 0.3) is 0 Å². The van der Waals surface area contributed by atoms with Gasteiger partial charge >= 0.3 is 12.4 Å². The largest absolute Gasteiger partial charge is 0.462 e. The molecule has 0 radical (unpaired) electrons. The van der Waals surface area contributed by atoms with Gasteiger partial charge in [-0.25, -0.2) is 4.39 Å². The molecule has 35 heavy (non-hydrogen) atoms. The number of benzene rings is 1. The van der Waals surface area contributed by atoms with Crippen LogP contribution in [-0.4, -0.2) is 48.5 Å². The number of hydrogen-bond donors (Lipinski definition) is 2. The number of amides is 1. The standard InChI is InChI=1S/C20H21F7N4O2.C2H6/c1-10-15(21)4-5-16(30(10)2)31(3)17(32)8-12-13(18(29)33-9-28)6-11(19(22,23)24)7-14(12)20(25,26)27;1-2/h4-7,10,29H,8-9,28H2,1-3H3;1-2H3. The summed E-state index contributed by atoms with van der Waals surface area (Å²) in [5.41, 5.74) is -0.0169. The number of allylic oxidation sites excluding steroid dienone is 2. The second-order valence-corrected chi connectivity index (χ2v) is 7.18. The fraction of sp³-hybridized carbons (Fsp3) is 0.455. The minimum Gasteiger partial charge on any atom is -0.462 e. The number of hydrogen-bond acceptors (Lipinski definition) is 5. The molecule has 1 amide bonds. The lowest BCUT2D eigenvalue weighted by Crippen LogP contribution is -2.41. The van der Waals surface area contributed by atoms with Crippen molar-refractivity contribution in [3.05, 3.63) is 58.2 Å². The quantitative estimate of drug-likeness (QED) is 0.251. The first-order valence-corrected chi connectivity index (χ1v) is 10.4. The van der Waals surface area contributed by atoms with Crippen LogP contribution in [0.1, 0.15) is 43.0 Å². The van der Waals surface area contributed by atoms with Crippen LogP contribution in [0.5, 0.6) is 0 Å². The van der Waals surface area contributed by atoms with Gasteiger partial charge in [0.2, 0.25) is 11.8 Å². The molecule has 0 fully saturated rings. The molecule has 3 N–H and O–H groups in total. The van der Waals surface area contributed by atoms with Crippen molar-refractivity contribution in [1.82, 2.24) is 9.80 Å². The molecule has 1 aromatic rings. The normalized spacial score (nSPS) is 16.0. The van der Waals surface area contributed by atoms with E-state index in [9.17, 15) is 35.5 Å². The van der Waals surface area contributed by atoms with Crippen LogP contribution in [0, 0.1) is 5.41 Å². The molecule has 1 heterocycles. The number of ether oxygens (including phenoxy) is 1. The van der Waals surface area contributed by atoms with Gasteiger partial charge in [-0.2, -0.15) is 26.3 Å².